The zero-order chi connectivity index (χ0) is 19.1. The van der Waals surface area contributed by atoms with Crippen molar-refractivity contribution in [2.75, 3.05) is 5.73 Å². The molecule has 2 aromatic heterocycles. The van der Waals surface area contributed by atoms with Crippen molar-refractivity contribution in [1.29, 1.82) is 0 Å². The van der Waals surface area contributed by atoms with Gasteiger partial charge in [-0.2, -0.15) is 4.39 Å². The topological polar surface area (TPSA) is 93.8 Å². The van der Waals surface area contributed by atoms with E-state index in [1.165, 1.54) is 30.5 Å². The first-order chi connectivity index (χ1) is 12.9. The Morgan fingerprint density at radius 3 is 2.74 bits per heavy atom. The number of hydrogen-bond donors (Lipinski definition) is 2. The molecule has 1 atom stereocenters. The van der Waals surface area contributed by atoms with Gasteiger partial charge >= 0.3 is 0 Å². The number of pyridine rings is 1. The van der Waals surface area contributed by atoms with E-state index in [-0.39, 0.29) is 11.9 Å². The second kappa shape index (κ2) is 6.39. The summed E-state index contributed by atoms with van der Waals surface area (Å²) in [6, 6.07) is 6.53. The number of nitrogen functional groups attached to an aromatic ring is 1. The van der Waals surface area contributed by atoms with E-state index >= 15 is 0 Å². The standard InChI is InChI=1S/C19H15F2N5O/c1-9-17-15(26-19(22)24-9)7-14(25-18(17)27)12-4-3-11(20)6-13(12)10-2-5-16(21)23-8-10/h2-6,8,14H,7H2,1H3,(H,25,27)(H2,22,24,26). The minimum Gasteiger partial charge on any atom is -0.368 e. The van der Waals surface area contributed by atoms with Gasteiger partial charge in [-0.05, 0) is 42.3 Å². The quantitative estimate of drug-likeness (QED) is 0.679. The van der Waals surface area contributed by atoms with E-state index in [4.69, 9.17) is 5.73 Å². The van der Waals surface area contributed by atoms with Crippen LogP contribution in [0.15, 0.2) is 36.5 Å². The molecule has 0 spiro atoms. The number of nitrogens with two attached hydrogens (primary N) is 1. The fourth-order valence-electron chi connectivity index (χ4n) is 3.38. The highest BCUT2D eigenvalue weighted by Gasteiger charge is 2.30. The number of aryl methyl sites for hydroxylation is 1. The summed E-state index contributed by atoms with van der Waals surface area (Å²) >= 11 is 0. The van der Waals surface area contributed by atoms with Crippen molar-refractivity contribution in [1.82, 2.24) is 20.3 Å². The molecule has 4 rings (SSSR count). The van der Waals surface area contributed by atoms with Gasteiger partial charge in [-0.3, -0.25) is 4.79 Å². The number of amides is 1. The van der Waals surface area contributed by atoms with Crippen LogP contribution in [0.25, 0.3) is 11.1 Å². The fraction of sp³-hybridized carbons (Fsp3) is 0.158. The van der Waals surface area contributed by atoms with Crippen LogP contribution in [-0.2, 0) is 6.42 Å². The van der Waals surface area contributed by atoms with Crippen LogP contribution in [0.4, 0.5) is 14.7 Å². The highest BCUT2D eigenvalue weighted by molar-refractivity contribution is 5.98. The van der Waals surface area contributed by atoms with Crippen molar-refractivity contribution >= 4 is 11.9 Å². The van der Waals surface area contributed by atoms with E-state index < -0.39 is 17.8 Å². The molecule has 0 bridgehead atoms. The lowest BCUT2D eigenvalue weighted by molar-refractivity contribution is 0.0922. The smallest absolute Gasteiger partial charge is 0.255 e. The van der Waals surface area contributed by atoms with Gasteiger partial charge in [0.15, 0.2) is 0 Å². The summed E-state index contributed by atoms with van der Waals surface area (Å²) in [5.41, 5.74) is 8.93. The van der Waals surface area contributed by atoms with Gasteiger partial charge < -0.3 is 11.1 Å². The van der Waals surface area contributed by atoms with E-state index in [0.29, 0.717) is 40.1 Å². The van der Waals surface area contributed by atoms with Gasteiger partial charge in [0.05, 0.1) is 23.0 Å². The monoisotopic (exact) mass is 367 g/mol. The van der Waals surface area contributed by atoms with Crippen molar-refractivity contribution < 1.29 is 13.6 Å². The second-order valence-electron chi connectivity index (χ2n) is 6.32. The Hall–Kier alpha value is -3.42. The number of rotatable bonds is 2. The van der Waals surface area contributed by atoms with Gasteiger partial charge in [0, 0.05) is 18.2 Å². The van der Waals surface area contributed by atoms with Crippen LogP contribution in [0.1, 0.15) is 33.4 Å². The lowest BCUT2D eigenvalue weighted by atomic mass is 9.89. The fourth-order valence-corrected chi connectivity index (χ4v) is 3.38. The number of fused-ring (bicyclic) bond motifs is 1. The minimum atomic E-state index is -0.626. The predicted molar refractivity (Wildman–Crippen MR) is 94.7 cm³/mol. The maximum absolute atomic E-state index is 13.9. The third-order valence-electron chi connectivity index (χ3n) is 4.54. The lowest BCUT2D eigenvalue weighted by Crippen LogP contribution is -2.37. The van der Waals surface area contributed by atoms with Gasteiger partial charge in [0.25, 0.3) is 5.91 Å². The molecular formula is C19H15F2N5O. The van der Waals surface area contributed by atoms with Gasteiger partial charge in [-0.15, -0.1) is 0 Å². The van der Waals surface area contributed by atoms with E-state index in [9.17, 15) is 13.6 Å². The van der Waals surface area contributed by atoms with E-state index in [2.05, 4.69) is 20.3 Å². The molecule has 3 N–H and O–H groups in total. The van der Waals surface area contributed by atoms with Crippen LogP contribution in [-0.4, -0.2) is 20.9 Å². The van der Waals surface area contributed by atoms with Crippen LogP contribution in [0.2, 0.25) is 0 Å². The average Bonchev–Trinajstić information content (AvgIpc) is 2.61. The van der Waals surface area contributed by atoms with E-state index in [1.807, 2.05) is 0 Å². The molecule has 0 aliphatic carbocycles. The molecule has 0 fully saturated rings. The Balaban J connectivity index is 1.80. The highest BCUT2D eigenvalue weighted by Crippen LogP contribution is 2.33. The molecule has 6 nitrogen and oxygen atoms in total. The molecule has 1 unspecified atom stereocenters. The molecule has 0 radical (unpaired) electrons. The summed E-state index contributed by atoms with van der Waals surface area (Å²) in [4.78, 5) is 24.5. The zero-order valence-electron chi connectivity index (χ0n) is 14.3. The van der Waals surface area contributed by atoms with Crippen molar-refractivity contribution in [3.05, 3.63) is 70.8 Å². The number of nitrogens with zero attached hydrogens (tertiary/aromatic N) is 3. The number of nitrogens with one attached hydrogen (secondary N) is 1. The van der Waals surface area contributed by atoms with Gasteiger partial charge in [0.1, 0.15) is 5.82 Å². The molecule has 0 saturated carbocycles. The van der Waals surface area contributed by atoms with Crippen LogP contribution in [0.5, 0.6) is 0 Å². The van der Waals surface area contributed by atoms with Crippen LogP contribution >= 0.6 is 0 Å². The third-order valence-corrected chi connectivity index (χ3v) is 4.54. The zero-order valence-corrected chi connectivity index (χ0v) is 14.3. The molecule has 8 heteroatoms. The average molecular weight is 367 g/mol. The summed E-state index contributed by atoms with van der Waals surface area (Å²) in [5, 5.41) is 2.91. The summed E-state index contributed by atoms with van der Waals surface area (Å²) in [6.07, 6.45) is 1.71. The largest absolute Gasteiger partial charge is 0.368 e. The van der Waals surface area contributed by atoms with E-state index in [0.717, 1.165) is 0 Å². The second-order valence-corrected chi connectivity index (χ2v) is 6.32. The summed E-state index contributed by atoms with van der Waals surface area (Å²) in [5.74, 6) is -1.28. The number of aromatic nitrogens is 3. The Morgan fingerprint density at radius 1 is 1.19 bits per heavy atom. The van der Waals surface area contributed by atoms with Gasteiger partial charge in [0.2, 0.25) is 11.9 Å². The maximum Gasteiger partial charge on any atom is 0.255 e. The molecule has 1 aliphatic heterocycles. The first kappa shape index (κ1) is 17.0. The third kappa shape index (κ3) is 3.10. The maximum atomic E-state index is 13.9. The lowest BCUT2D eigenvalue weighted by Gasteiger charge is -2.27. The van der Waals surface area contributed by atoms with Crippen molar-refractivity contribution in [3.63, 3.8) is 0 Å². The minimum absolute atomic E-state index is 0.0989. The Labute approximate surface area is 153 Å². The Kier molecular flexibility index (Phi) is 4.02. The molecule has 1 amide bonds. The Morgan fingerprint density at radius 2 is 2.00 bits per heavy atom. The molecule has 3 heterocycles. The Bertz CT molecular complexity index is 1050. The van der Waals surface area contributed by atoms with Gasteiger partial charge in [-0.25, -0.2) is 19.3 Å². The number of carbonyl (C=O) groups excluding carboxylic acids is 1. The summed E-state index contributed by atoms with van der Waals surface area (Å²) in [7, 11) is 0. The van der Waals surface area contributed by atoms with Crippen LogP contribution in [0.3, 0.4) is 0 Å². The first-order valence-corrected chi connectivity index (χ1v) is 8.27. The van der Waals surface area contributed by atoms with Crippen molar-refractivity contribution in [3.8, 4) is 11.1 Å². The summed E-state index contributed by atoms with van der Waals surface area (Å²) < 4.78 is 27.0. The van der Waals surface area contributed by atoms with E-state index in [1.54, 1.807) is 13.0 Å². The van der Waals surface area contributed by atoms with Crippen LogP contribution < -0.4 is 11.1 Å². The van der Waals surface area contributed by atoms with Crippen LogP contribution in [0, 0.1) is 18.7 Å². The van der Waals surface area contributed by atoms with Crippen molar-refractivity contribution in [2.24, 2.45) is 0 Å². The normalized spacial score (nSPS) is 16.0. The SMILES string of the molecule is Cc1nc(N)nc2c1C(=O)NC(c1ccc(F)cc1-c1ccc(F)nc1)C2. The number of anilines is 1. The molecule has 136 valence electrons. The number of halogens is 2. The number of benzene rings is 1. The highest BCUT2D eigenvalue weighted by atomic mass is 19.1. The number of carbonyl (C=O) groups is 1. The first-order valence-electron chi connectivity index (χ1n) is 8.27. The van der Waals surface area contributed by atoms with Crippen molar-refractivity contribution in [2.45, 2.75) is 19.4 Å². The predicted octanol–water partition coefficient (Wildman–Crippen LogP) is 2.73. The summed E-state index contributed by atoms with van der Waals surface area (Å²) in [6.45, 7) is 1.70. The molecule has 3 aromatic rings. The molecule has 1 aliphatic rings. The molecule has 0 saturated heterocycles. The molecular weight excluding hydrogens is 352 g/mol. The number of hydrogen-bond acceptors (Lipinski definition) is 5. The molecule has 1 aromatic carbocycles. The molecule has 27 heavy (non-hydrogen) atoms. The van der Waals surface area contributed by atoms with Gasteiger partial charge in [-0.1, -0.05) is 6.07 Å².